The molecular weight excluding hydrogens is 276 g/mol. The van der Waals surface area contributed by atoms with E-state index in [0.717, 1.165) is 30.8 Å². The summed E-state index contributed by atoms with van der Waals surface area (Å²) in [6.45, 7) is 3.26. The number of nitrogens with zero attached hydrogens (tertiary/aromatic N) is 3. The van der Waals surface area contributed by atoms with Gasteiger partial charge in [-0.1, -0.05) is 0 Å². The fraction of sp³-hybridized carbons (Fsp3) is 0.462. The second kappa shape index (κ2) is 7.16. The molecule has 0 spiro atoms. The smallest absolute Gasteiger partial charge is 0.300 e. The van der Waals surface area contributed by atoms with E-state index in [1.54, 1.807) is 11.3 Å². The molecular formula is C13H18N4O2S. The van der Waals surface area contributed by atoms with Crippen molar-refractivity contribution in [1.82, 2.24) is 19.9 Å². The Morgan fingerprint density at radius 2 is 2.30 bits per heavy atom. The highest BCUT2D eigenvalue weighted by atomic mass is 32.1. The van der Waals surface area contributed by atoms with Gasteiger partial charge >= 0.3 is 0 Å². The molecule has 1 aliphatic rings. The first-order chi connectivity index (χ1) is 9.68. The van der Waals surface area contributed by atoms with E-state index >= 15 is 0 Å². The molecule has 0 bridgehead atoms. The van der Waals surface area contributed by atoms with Gasteiger partial charge in [-0.2, -0.15) is 0 Å². The van der Waals surface area contributed by atoms with Crippen LogP contribution in [-0.2, 0) is 4.79 Å². The molecule has 20 heavy (non-hydrogen) atoms. The Balaban J connectivity index is 0.000000328. The largest absolute Gasteiger partial charge is 0.481 e. The number of nitrogens with one attached hydrogen (secondary N) is 1. The standard InChI is InChI=1S/C11H14N4S.C2H4O2/c1-2-9(8-12-3-1)15-6-4-13-10(15)11-14-5-7-16-11;1-2(3)4/h4-7,9,12H,1-3,8H2;1H3,(H,3,4)/t9-;/m1./s1. The third kappa shape index (κ3) is 3.88. The molecule has 0 amide bonds. The number of imidazole rings is 1. The van der Waals surface area contributed by atoms with Crippen molar-refractivity contribution in [3.05, 3.63) is 24.0 Å². The van der Waals surface area contributed by atoms with E-state index in [-0.39, 0.29) is 0 Å². The van der Waals surface area contributed by atoms with Crippen LogP contribution >= 0.6 is 11.3 Å². The Kier molecular flexibility index (Phi) is 5.25. The summed E-state index contributed by atoms with van der Waals surface area (Å²) >= 11 is 1.64. The molecule has 0 aromatic carbocycles. The van der Waals surface area contributed by atoms with Gasteiger partial charge in [0, 0.05) is 43.5 Å². The van der Waals surface area contributed by atoms with Gasteiger partial charge in [0.1, 0.15) is 0 Å². The van der Waals surface area contributed by atoms with Crippen molar-refractivity contribution in [3.63, 3.8) is 0 Å². The van der Waals surface area contributed by atoms with Crippen LogP contribution in [0.1, 0.15) is 25.8 Å². The monoisotopic (exact) mass is 294 g/mol. The third-order valence-corrected chi connectivity index (χ3v) is 3.73. The van der Waals surface area contributed by atoms with Crippen molar-refractivity contribution in [2.75, 3.05) is 13.1 Å². The number of hydrogen-bond donors (Lipinski definition) is 2. The van der Waals surface area contributed by atoms with Crippen LogP contribution in [0.4, 0.5) is 0 Å². The summed E-state index contributed by atoms with van der Waals surface area (Å²) in [6, 6.07) is 0.523. The number of rotatable bonds is 2. The lowest BCUT2D eigenvalue weighted by Crippen LogP contribution is -2.31. The molecule has 1 saturated heterocycles. The number of thiazole rings is 1. The lowest BCUT2D eigenvalue weighted by Gasteiger charge is -2.25. The molecule has 1 atom stereocenters. The van der Waals surface area contributed by atoms with Crippen molar-refractivity contribution in [3.8, 4) is 10.8 Å². The fourth-order valence-electron chi connectivity index (χ4n) is 2.18. The summed E-state index contributed by atoms with van der Waals surface area (Å²) in [5.41, 5.74) is 0. The van der Waals surface area contributed by atoms with Crippen molar-refractivity contribution in [2.45, 2.75) is 25.8 Å². The highest BCUT2D eigenvalue weighted by Gasteiger charge is 2.18. The summed E-state index contributed by atoms with van der Waals surface area (Å²) in [6.07, 6.45) is 8.22. The maximum Gasteiger partial charge on any atom is 0.300 e. The number of aromatic nitrogens is 3. The zero-order valence-corrected chi connectivity index (χ0v) is 12.1. The van der Waals surface area contributed by atoms with Crippen LogP contribution < -0.4 is 5.32 Å². The molecule has 108 valence electrons. The molecule has 3 rings (SSSR count). The van der Waals surface area contributed by atoms with E-state index in [0.29, 0.717) is 6.04 Å². The van der Waals surface area contributed by atoms with Crippen molar-refractivity contribution >= 4 is 17.3 Å². The first kappa shape index (κ1) is 14.7. The molecule has 2 aromatic rings. The predicted molar refractivity (Wildman–Crippen MR) is 77.8 cm³/mol. The average molecular weight is 294 g/mol. The summed E-state index contributed by atoms with van der Waals surface area (Å²) in [5.74, 6) is 0.170. The van der Waals surface area contributed by atoms with Crippen LogP contribution in [0.5, 0.6) is 0 Å². The van der Waals surface area contributed by atoms with Gasteiger partial charge < -0.3 is 15.0 Å². The molecule has 2 aromatic heterocycles. The van der Waals surface area contributed by atoms with Gasteiger partial charge in [0.2, 0.25) is 0 Å². The van der Waals surface area contributed by atoms with Gasteiger partial charge in [0.15, 0.2) is 10.8 Å². The van der Waals surface area contributed by atoms with E-state index in [1.807, 2.05) is 17.8 Å². The number of carboxylic acid groups (broad SMARTS) is 1. The summed E-state index contributed by atoms with van der Waals surface area (Å²) in [7, 11) is 0. The SMILES string of the molecule is CC(=O)O.c1csc(-c2nccn2[C@@H]2CCCNC2)n1. The lowest BCUT2D eigenvalue weighted by atomic mass is 10.1. The molecule has 0 radical (unpaired) electrons. The third-order valence-electron chi connectivity index (χ3n) is 2.96. The van der Waals surface area contributed by atoms with Crippen molar-refractivity contribution in [2.24, 2.45) is 0 Å². The Morgan fingerprint density at radius 3 is 2.90 bits per heavy atom. The summed E-state index contributed by atoms with van der Waals surface area (Å²) in [5, 5.41) is 13.8. The minimum atomic E-state index is -0.833. The van der Waals surface area contributed by atoms with Gasteiger partial charge in [0.25, 0.3) is 5.97 Å². The summed E-state index contributed by atoms with van der Waals surface area (Å²) in [4.78, 5) is 17.7. The molecule has 0 aliphatic carbocycles. The minimum Gasteiger partial charge on any atom is -0.481 e. The molecule has 7 heteroatoms. The zero-order valence-electron chi connectivity index (χ0n) is 11.3. The highest BCUT2D eigenvalue weighted by Crippen LogP contribution is 2.25. The Hall–Kier alpha value is -1.73. The zero-order chi connectivity index (χ0) is 14.4. The van der Waals surface area contributed by atoms with Gasteiger partial charge in [-0.25, -0.2) is 9.97 Å². The average Bonchev–Trinajstić information content (AvgIpc) is 3.10. The Bertz CT molecular complexity index is 528. The van der Waals surface area contributed by atoms with E-state index in [1.165, 1.54) is 12.8 Å². The molecule has 1 fully saturated rings. The molecule has 6 nitrogen and oxygen atoms in total. The van der Waals surface area contributed by atoms with Crippen LogP contribution in [0, 0.1) is 0 Å². The van der Waals surface area contributed by atoms with E-state index in [9.17, 15) is 0 Å². The lowest BCUT2D eigenvalue weighted by molar-refractivity contribution is -0.134. The second-order valence-corrected chi connectivity index (χ2v) is 5.41. The van der Waals surface area contributed by atoms with Crippen molar-refractivity contribution in [1.29, 1.82) is 0 Å². The molecule has 2 N–H and O–H groups in total. The van der Waals surface area contributed by atoms with Crippen LogP contribution in [-0.4, -0.2) is 38.7 Å². The first-order valence-corrected chi connectivity index (χ1v) is 7.39. The quantitative estimate of drug-likeness (QED) is 0.885. The molecule has 3 heterocycles. The topological polar surface area (TPSA) is 80.0 Å². The molecule has 0 saturated carbocycles. The maximum absolute atomic E-state index is 9.00. The second-order valence-electron chi connectivity index (χ2n) is 4.51. The Morgan fingerprint density at radius 1 is 1.50 bits per heavy atom. The van der Waals surface area contributed by atoms with E-state index in [2.05, 4.69) is 26.0 Å². The summed E-state index contributed by atoms with van der Waals surface area (Å²) < 4.78 is 2.25. The molecule has 0 unspecified atom stereocenters. The van der Waals surface area contributed by atoms with Gasteiger partial charge in [-0.3, -0.25) is 4.79 Å². The van der Waals surface area contributed by atoms with Crippen LogP contribution in [0.15, 0.2) is 24.0 Å². The van der Waals surface area contributed by atoms with Crippen LogP contribution in [0.3, 0.4) is 0 Å². The number of carbonyl (C=O) groups is 1. The minimum absolute atomic E-state index is 0.523. The van der Waals surface area contributed by atoms with E-state index in [4.69, 9.17) is 9.90 Å². The molecule has 1 aliphatic heterocycles. The van der Waals surface area contributed by atoms with Crippen LogP contribution in [0.25, 0.3) is 10.8 Å². The number of piperidine rings is 1. The van der Waals surface area contributed by atoms with Crippen LogP contribution in [0.2, 0.25) is 0 Å². The number of carboxylic acids is 1. The normalized spacial score (nSPS) is 18.1. The van der Waals surface area contributed by atoms with E-state index < -0.39 is 5.97 Å². The van der Waals surface area contributed by atoms with Gasteiger partial charge in [-0.15, -0.1) is 11.3 Å². The highest BCUT2D eigenvalue weighted by molar-refractivity contribution is 7.13. The number of hydrogen-bond acceptors (Lipinski definition) is 5. The fourth-order valence-corrected chi connectivity index (χ4v) is 2.81. The number of aliphatic carboxylic acids is 1. The Labute approximate surface area is 121 Å². The predicted octanol–water partition coefficient (Wildman–Crippen LogP) is 2.02. The van der Waals surface area contributed by atoms with Crippen molar-refractivity contribution < 1.29 is 9.90 Å². The van der Waals surface area contributed by atoms with Gasteiger partial charge in [-0.05, 0) is 19.4 Å². The first-order valence-electron chi connectivity index (χ1n) is 6.51. The maximum atomic E-state index is 9.00. The van der Waals surface area contributed by atoms with Gasteiger partial charge in [0.05, 0.1) is 0 Å².